The van der Waals surface area contributed by atoms with Gasteiger partial charge in [-0.2, -0.15) is 4.98 Å². The van der Waals surface area contributed by atoms with Crippen molar-refractivity contribution in [3.8, 4) is 0 Å². The minimum Gasteiger partial charge on any atom is -0.451 e. The fourth-order valence-corrected chi connectivity index (χ4v) is 3.61. The molecular weight excluding hydrogens is 511 g/mol. The second-order valence-electron chi connectivity index (χ2n) is 7.97. The van der Waals surface area contributed by atoms with Crippen LogP contribution in [0.3, 0.4) is 0 Å². The van der Waals surface area contributed by atoms with E-state index in [4.69, 9.17) is 19.0 Å². The number of aromatic nitrogens is 2. The third kappa shape index (κ3) is 5.69. The number of rotatable bonds is 8. The van der Waals surface area contributed by atoms with Crippen molar-refractivity contribution in [2.24, 2.45) is 9.98 Å². The molecule has 0 saturated carbocycles. The molecule has 3 aromatic heterocycles. The Balaban J connectivity index is 1.34. The topological polar surface area (TPSA) is 175 Å². The van der Waals surface area contributed by atoms with Gasteiger partial charge in [0.05, 0.1) is 19.4 Å². The quantitative estimate of drug-likeness (QED) is 0.215. The molecular formula is C26H19FN6O6. The Hall–Kier alpha value is -5.27. The van der Waals surface area contributed by atoms with Crippen LogP contribution in [0.4, 0.5) is 27.5 Å². The van der Waals surface area contributed by atoms with Crippen molar-refractivity contribution in [3.05, 3.63) is 72.1 Å². The summed E-state index contributed by atoms with van der Waals surface area (Å²) in [5.74, 6) is -1.95. The van der Waals surface area contributed by atoms with Crippen LogP contribution in [0.25, 0.3) is 21.9 Å². The van der Waals surface area contributed by atoms with E-state index in [0.29, 0.717) is 33.3 Å². The molecule has 0 bridgehead atoms. The summed E-state index contributed by atoms with van der Waals surface area (Å²) in [6, 6.07) is 12.9. The van der Waals surface area contributed by atoms with Gasteiger partial charge in [0.25, 0.3) is 0 Å². The molecule has 196 valence electrons. The van der Waals surface area contributed by atoms with Crippen molar-refractivity contribution in [3.63, 3.8) is 0 Å². The number of amides is 2. The third-order valence-corrected chi connectivity index (χ3v) is 5.30. The molecule has 5 rings (SSSR count). The Labute approximate surface area is 218 Å². The molecule has 13 heteroatoms. The largest absolute Gasteiger partial charge is 0.451 e. The van der Waals surface area contributed by atoms with Gasteiger partial charge in [-0.1, -0.05) is 0 Å². The fourth-order valence-electron chi connectivity index (χ4n) is 3.61. The maximum atomic E-state index is 14.5. The molecule has 0 aliphatic carbocycles. The highest BCUT2D eigenvalue weighted by molar-refractivity contribution is 6.01. The summed E-state index contributed by atoms with van der Waals surface area (Å²) < 4.78 is 25.5. The number of aliphatic imine (C=N–C) groups is 2. The Morgan fingerprint density at radius 1 is 0.846 bits per heavy atom. The number of benzene rings is 2. The first-order chi connectivity index (χ1) is 18.9. The second kappa shape index (κ2) is 11.0. The zero-order valence-electron chi connectivity index (χ0n) is 20.0. The van der Waals surface area contributed by atoms with Crippen LogP contribution < -0.4 is 10.6 Å². The summed E-state index contributed by atoms with van der Waals surface area (Å²) in [6.45, 7) is -0.737. The van der Waals surface area contributed by atoms with Gasteiger partial charge >= 0.3 is 11.8 Å². The first kappa shape index (κ1) is 25.4. The van der Waals surface area contributed by atoms with E-state index < -0.39 is 17.6 Å². The van der Waals surface area contributed by atoms with E-state index >= 15 is 0 Å². The molecule has 0 spiro atoms. The number of anilines is 4. The molecule has 0 radical (unpaired) electrons. The molecule has 2 aromatic carbocycles. The van der Waals surface area contributed by atoms with Crippen LogP contribution >= 0.6 is 0 Å². The number of aliphatic hydroxyl groups excluding tert-OH is 2. The van der Waals surface area contributed by atoms with Gasteiger partial charge in [0.2, 0.25) is 5.95 Å². The summed E-state index contributed by atoms with van der Waals surface area (Å²) in [5.41, 5.74) is 1.91. The Kier molecular flexibility index (Phi) is 7.16. The highest BCUT2D eigenvalue weighted by Gasteiger charge is 2.14. The minimum absolute atomic E-state index is 0.00415. The third-order valence-electron chi connectivity index (χ3n) is 5.30. The van der Waals surface area contributed by atoms with Crippen LogP contribution in [0.1, 0.15) is 21.1 Å². The van der Waals surface area contributed by atoms with Gasteiger partial charge in [-0.15, -0.1) is 0 Å². The molecule has 4 N–H and O–H groups in total. The molecule has 2 amide bonds. The summed E-state index contributed by atoms with van der Waals surface area (Å²) in [4.78, 5) is 39.3. The standard InChI is InChI=1S/C26H19FN6O6/c27-18-13-30-26(32-17-2-4-20-15(10-17)12-22(39-20)25(37)29-6-8-35)33-23(18)31-16-1-3-19-14(9-16)11-21(38-19)24(36)28-5-7-34/h1-6,9-13,34-35H,7-8H2,(H2,30,31,32,33). The van der Waals surface area contributed by atoms with E-state index in [9.17, 15) is 14.0 Å². The van der Waals surface area contributed by atoms with Crippen molar-refractivity contribution in [1.82, 2.24) is 9.97 Å². The average molecular weight is 530 g/mol. The predicted molar refractivity (Wildman–Crippen MR) is 141 cm³/mol. The molecule has 0 aliphatic rings. The number of nitrogens with zero attached hydrogens (tertiary/aromatic N) is 4. The maximum Gasteiger partial charge on any atom is 0.312 e. The minimum atomic E-state index is -0.695. The van der Waals surface area contributed by atoms with E-state index in [1.807, 2.05) is 0 Å². The van der Waals surface area contributed by atoms with Gasteiger partial charge in [-0.3, -0.25) is 9.59 Å². The summed E-state index contributed by atoms with van der Waals surface area (Å²) in [5, 5.41) is 24.6. The Morgan fingerprint density at radius 2 is 1.38 bits per heavy atom. The lowest BCUT2D eigenvalue weighted by molar-refractivity contribution is 0.0971. The van der Waals surface area contributed by atoms with Crippen molar-refractivity contribution in [1.29, 1.82) is 0 Å². The number of hydrogen-bond donors (Lipinski definition) is 4. The Bertz CT molecular complexity index is 1760. The van der Waals surface area contributed by atoms with E-state index in [1.54, 1.807) is 36.4 Å². The highest BCUT2D eigenvalue weighted by Crippen LogP contribution is 2.28. The van der Waals surface area contributed by atoms with Crippen LogP contribution in [0.5, 0.6) is 0 Å². The van der Waals surface area contributed by atoms with Crippen molar-refractivity contribution in [2.45, 2.75) is 0 Å². The highest BCUT2D eigenvalue weighted by atomic mass is 19.1. The van der Waals surface area contributed by atoms with Crippen molar-refractivity contribution in [2.75, 3.05) is 23.8 Å². The number of hydrogen-bond acceptors (Lipinski definition) is 10. The zero-order chi connectivity index (χ0) is 27.4. The molecule has 5 aromatic rings. The maximum absolute atomic E-state index is 14.5. The van der Waals surface area contributed by atoms with Gasteiger partial charge in [-0.25, -0.2) is 19.4 Å². The predicted octanol–water partition coefficient (Wildman–Crippen LogP) is 4.00. The molecule has 0 saturated heterocycles. The number of aliphatic hydroxyl groups is 2. The summed E-state index contributed by atoms with van der Waals surface area (Å²) >= 11 is 0. The van der Waals surface area contributed by atoms with Gasteiger partial charge in [0.1, 0.15) is 11.2 Å². The van der Waals surface area contributed by atoms with Crippen molar-refractivity contribution < 1.29 is 33.0 Å². The van der Waals surface area contributed by atoms with Crippen molar-refractivity contribution >= 4 is 69.3 Å². The monoisotopic (exact) mass is 530 g/mol. The smallest absolute Gasteiger partial charge is 0.312 e. The lowest BCUT2D eigenvalue weighted by atomic mass is 10.2. The van der Waals surface area contributed by atoms with Gasteiger partial charge in [0, 0.05) is 34.6 Å². The van der Waals surface area contributed by atoms with E-state index in [-0.39, 0.29) is 36.5 Å². The van der Waals surface area contributed by atoms with Gasteiger partial charge < -0.3 is 29.7 Å². The van der Waals surface area contributed by atoms with Crippen LogP contribution in [-0.2, 0) is 0 Å². The van der Waals surface area contributed by atoms with E-state index in [0.717, 1.165) is 18.6 Å². The van der Waals surface area contributed by atoms with Gasteiger partial charge in [-0.05, 0) is 48.5 Å². The average Bonchev–Trinajstić information content (AvgIpc) is 3.56. The number of fused-ring (bicyclic) bond motifs is 2. The number of furan rings is 2. The second-order valence-corrected chi connectivity index (χ2v) is 7.97. The Morgan fingerprint density at radius 3 is 1.92 bits per heavy atom. The summed E-state index contributed by atoms with van der Waals surface area (Å²) in [7, 11) is 0. The molecule has 39 heavy (non-hydrogen) atoms. The number of nitrogens with one attached hydrogen (secondary N) is 2. The molecule has 0 aliphatic heterocycles. The van der Waals surface area contributed by atoms with Crippen LogP contribution in [-0.4, -0.2) is 57.6 Å². The van der Waals surface area contributed by atoms with Crippen LogP contribution in [0, 0.1) is 5.82 Å². The lowest BCUT2D eigenvalue weighted by Gasteiger charge is -2.09. The number of carbonyl (C=O) groups is 2. The normalized spacial score (nSPS) is 11.7. The SMILES string of the molecule is O=C(N=CCO)c1cc2cc(Nc3ncc(F)c(Nc4ccc5oc(C(=O)N=CCO)cc5c4)n3)ccc2o1. The molecule has 0 atom stereocenters. The summed E-state index contributed by atoms with van der Waals surface area (Å²) in [6.07, 6.45) is 3.14. The number of carbonyl (C=O) groups excluding carboxylic acids is 2. The zero-order valence-corrected chi connectivity index (χ0v) is 20.0. The molecule has 0 fully saturated rings. The molecule has 0 unspecified atom stereocenters. The molecule has 3 heterocycles. The van der Waals surface area contributed by atoms with Crippen LogP contribution in [0.2, 0.25) is 0 Å². The molecule has 12 nitrogen and oxygen atoms in total. The first-order valence-electron chi connectivity index (χ1n) is 11.4. The number of halogens is 1. The fraction of sp³-hybridized carbons (Fsp3) is 0.0769. The lowest BCUT2D eigenvalue weighted by Crippen LogP contribution is -2.03. The van der Waals surface area contributed by atoms with E-state index in [1.165, 1.54) is 12.1 Å². The van der Waals surface area contributed by atoms with E-state index in [2.05, 4.69) is 30.6 Å². The first-order valence-corrected chi connectivity index (χ1v) is 11.4. The van der Waals surface area contributed by atoms with Crippen LogP contribution in [0.15, 0.2) is 73.5 Å². The van der Waals surface area contributed by atoms with Gasteiger partial charge in [0.15, 0.2) is 23.2 Å².